The van der Waals surface area contributed by atoms with E-state index in [0.29, 0.717) is 6.54 Å². The molecule has 6 heteroatoms. The van der Waals surface area contributed by atoms with Crippen molar-refractivity contribution in [3.05, 3.63) is 35.9 Å². The molecular formula is C24H33N3O3. The summed E-state index contributed by atoms with van der Waals surface area (Å²) in [6.45, 7) is 4.66. The number of rotatable bonds is 6. The normalized spacial score (nSPS) is 26.5. The predicted molar refractivity (Wildman–Crippen MR) is 114 cm³/mol. The summed E-state index contributed by atoms with van der Waals surface area (Å²) in [5, 5.41) is 3.01. The van der Waals surface area contributed by atoms with Crippen LogP contribution in [0.15, 0.2) is 30.3 Å². The van der Waals surface area contributed by atoms with E-state index >= 15 is 0 Å². The first-order valence-electron chi connectivity index (χ1n) is 11.5. The Labute approximate surface area is 179 Å². The number of hydrogen-bond donors (Lipinski definition) is 1. The molecule has 162 valence electrons. The van der Waals surface area contributed by atoms with Crippen LogP contribution in [0.3, 0.4) is 0 Å². The summed E-state index contributed by atoms with van der Waals surface area (Å²) in [6, 6.07) is 10.4. The first-order valence-corrected chi connectivity index (χ1v) is 11.5. The zero-order valence-corrected chi connectivity index (χ0v) is 17.9. The Bertz CT molecular complexity index is 749. The SMILES string of the molecule is CC1CCN(C(CNC(=O)CN2C(=O)C3CCCCC3C2=O)c2ccccc2)CC1. The number of benzene rings is 1. The molecule has 3 unspecified atom stereocenters. The van der Waals surface area contributed by atoms with Gasteiger partial charge in [-0.1, -0.05) is 50.1 Å². The number of nitrogens with zero attached hydrogens (tertiary/aromatic N) is 2. The molecule has 1 aliphatic carbocycles. The van der Waals surface area contributed by atoms with Gasteiger partial charge in [0.1, 0.15) is 6.54 Å². The smallest absolute Gasteiger partial charge is 0.240 e. The summed E-state index contributed by atoms with van der Waals surface area (Å²) >= 11 is 0. The van der Waals surface area contributed by atoms with E-state index in [-0.39, 0.29) is 42.1 Å². The lowest BCUT2D eigenvalue weighted by molar-refractivity contribution is -0.143. The number of amides is 3. The number of hydrogen-bond acceptors (Lipinski definition) is 4. The van der Waals surface area contributed by atoms with Crippen LogP contribution in [0, 0.1) is 17.8 Å². The minimum atomic E-state index is -0.248. The summed E-state index contributed by atoms with van der Waals surface area (Å²) in [5.74, 6) is -0.212. The number of carbonyl (C=O) groups excluding carboxylic acids is 3. The lowest BCUT2D eigenvalue weighted by Crippen LogP contribution is -2.45. The first-order chi connectivity index (χ1) is 14.5. The molecule has 1 saturated carbocycles. The molecule has 1 aromatic carbocycles. The van der Waals surface area contributed by atoms with Crippen molar-refractivity contribution in [2.75, 3.05) is 26.2 Å². The van der Waals surface area contributed by atoms with Crippen LogP contribution in [-0.2, 0) is 14.4 Å². The highest BCUT2D eigenvalue weighted by atomic mass is 16.2. The van der Waals surface area contributed by atoms with E-state index in [0.717, 1.165) is 57.5 Å². The molecule has 0 spiro atoms. The Balaban J connectivity index is 1.38. The third-order valence-corrected chi connectivity index (χ3v) is 7.17. The van der Waals surface area contributed by atoms with Crippen LogP contribution in [0.2, 0.25) is 0 Å². The number of fused-ring (bicyclic) bond motifs is 1. The van der Waals surface area contributed by atoms with Gasteiger partial charge in [0.05, 0.1) is 17.9 Å². The van der Waals surface area contributed by atoms with Crippen LogP contribution < -0.4 is 5.32 Å². The molecular weight excluding hydrogens is 378 g/mol. The largest absolute Gasteiger partial charge is 0.353 e. The van der Waals surface area contributed by atoms with Gasteiger partial charge in [-0.2, -0.15) is 0 Å². The fourth-order valence-corrected chi connectivity index (χ4v) is 5.27. The lowest BCUT2D eigenvalue weighted by Gasteiger charge is -2.37. The van der Waals surface area contributed by atoms with E-state index < -0.39 is 0 Å². The Morgan fingerprint density at radius 3 is 2.20 bits per heavy atom. The molecule has 1 aromatic rings. The fraction of sp³-hybridized carbons (Fsp3) is 0.625. The van der Waals surface area contributed by atoms with Gasteiger partial charge in [0.2, 0.25) is 17.7 Å². The second kappa shape index (κ2) is 9.29. The van der Waals surface area contributed by atoms with Gasteiger partial charge in [0.25, 0.3) is 0 Å². The van der Waals surface area contributed by atoms with Gasteiger partial charge >= 0.3 is 0 Å². The van der Waals surface area contributed by atoms with Crippen LogP contribution in [0.4, 0.5) is 0 Å². The second-order valence-electron chi connectivity index (χ2n) is 9.21. The van der Waals surface area contributed by atoms with E-state index in [1.165, 1.54) is 10.5 Å². The molecule has 2 heterocycles. The van der Waals surface area contributed by atoms with Crippen molar-refractivity contribution in [1.29, 1.82) is 0 Å². The molecule has 3 amide bonds. The Hall–Kier alpha value is -2.21. The quantitative estimate of drug-likeness (QED) is 0.731. The van der Waals surface area contributed by atoms with Crippen LogP contribution in [0.1, 0.15) is 57.1 Å². The highest BCUT2D eigenvalue weighted by molar-refractivity contribution is 6.07. The number of likely N-dealkylation sites (tertiary alicyclic amines) is 2. The van der Waals surface area contributed by atoms with Crippen molar-refractivity contribution in [2.24, 2.45) is 17.8 Å². The third kappa shape index (κ3) is 4.43. The number of carbonyl (C=O) groups is 3. The molecule has 6 nitrogen and oxygen atoms in total. The maximum atomic E-state index is 12.7. The van der Waals surface area contributed by atoms with E-state index in [1.54, 1.807) is 0 Å². The molecule has 3 aliphatic rings. The van der Waals surface area contributed by atoms with Gasteiger partial charge in [-0.25, -0.2) is 0 Å². The van der Waals surface area contributed by atoms with Gasteiger partial charge in [-0.3, -0.25) is 24.2 Å². The summed E-state index contributed by atoms with van der Waals surface area (Å²) in [6.07, 6.45) is 5.86. The van der Waals surface area contributed by atoms with E-state index in [9.17, 15) is 14.4 Å². The van der Waals surface area contributed by atoms with Crippen molar-refractivity contribution in [3.8, 4) is 0 Å². The molecule has 0 radical (unpaired) electrons. The minimum absolute atomic E-state index is 0.107. The second-order valence-corrected chi connectivity index (χ2v) is 9.21. The molecule has 3 atom stereocenters. The molecule has 1 N–H and O–H groups in total. The fourth-order valence-electron chi connectivity index (χ4n) is 5.27. The van der Waals surface area contributed by atoms with Gasteiger partial charge in [-0.15, -0.1) is 0 Å². The molecule has 2 aliphatic heterocycles. The van der Waals surface area contributed by atoms with Crippen molar-refractivity contribution in [1.82, 2.24) is 15.1 Å². The highest BCUT2D eigenvalue weighted by Gasteiger charge is 2.48. The average molecular weight is 412 g/mol. The molecule has 4 rings (SSSR count). The van der Waals surface area contributed by atoms with Gasteiger partial charge in [-0.05, 0) is 50.3 Å². The van der Waals surface area contributed by atoms with Crippen LogP contribution in [0.25, 0.3) is 0 Å². The van der Waals surface area contributed by atoms with E-state index in [1.807, 2.05) is 18.2 Å². The zero-order valence-electron chi connectivity index (χ0n) is 17.9. The molecule has 0 aromatic heterocycles. The van der Waals surface area contributed by atoms with Gasteiger partial charge in [0.15, 0.2) is 0 Å². The Morgan fingerprint density at radius 2 is 1.60 bits per heavy atom. The summed E-state index contributed by atoms with van der Waals surface area (Å²) < 4.78 is 0. The number of piperidine rings is 1. The molecule has 30 heavy (non-hydrogen) atoms. The van der Waals surface area contributed by atoms with E-state index in [4.69, 9.17) is 0 Å². The standard InChI is InChI=1S/C24H33N3O3/c1-17-11-13-26(14-12-17)21(18-7-3-2-4-8-18)15-25-22(28)16-27-23(29)19-9-5-6-10-20(19)24(27)30/h2-4,7-8,17,19-21H,5-6,9-16H2,1H3,(H,25,28). The number of imide groups is 1. The predicted octanol–water partition coefficient (Wildman–Crippen LogP) is 2.75. The minimum Gasteiger partial charge on any atom is -0.353 e. The van der Waals surface area contributed by atoms with Crippen LogP contribution >= 0.6 is 0 Å². The Morgan fingerprint density at radius 1 is 1.00 bits per heavy atom. The van der Waals surface area contributed by atoms with Crippen LogP contribution in [0.5, 0.6) is 0 Å². The zero-order chi connectivity index (χ0) is 21.1. The molecule has 2 saturated heterocycles. The summed E-state index contributed by atoms with van der Waals surface area (Å²) in [5.41, 5.74) is 1.19. The topological polar surface area (TPSA) is 69.7 Å². The van der Waals surface area contributed by atoms with Crippen molar-refractivity contribution < 1.29 is 14.4 Å². The summed E-state index contributed by atoms with van der Waals surface area (Å²) in [7, 11) is 0. The van der Waals surface area contributed by atoms with Gasteiger partial charge < -0.3 is 5.32 Å². The maximum absolute atomic E-state index is 12.7. The molecule has 3 fully saturated rings. The monoisotopic (exact) mass is 411 g/mol. The first kappa shape index (κ1) is 21.0. The average Bonchev–Trinajstić information content (AvgIpc) is 3.01. The van der Waals surface area contributed by atoms with Crippen molar-refractivity contribution >= 4 is 17.7 Å². The van der Waals surface area contributed by atoms with Crippen LogP contribution in [-0.4, -0.2) is 53.7 Å². The van der Waals surface area contributed by atoms with Crippen molar-refractivity contribution in [3.63, 3.8) is 0 Å². The summed E-state index contributed by atoms with van der Waals surface area (Å²) in [4.78, 5) is 41.6. The third-order valence-electron chi connectivity index (χ3n) is 7.17. The van der Waals surface area contributed by atoms with E-state index in [2.05, 4.69) is 29.3 Å². The van der Waals surface area contributed by atoms with Crippen molar-refractivity contribution in [2.45, 2.75) is 51.5 Å². The lowest BCUT2D eigenvalue weighted by atomic mass is 9.81. The highest BCUT2D eigenvalue weighted by Crippen LogP contribution is 2.37. The molecule has 0 bridgehead atoms. The Kier molecular flexibility index (Phi) is 6.52. The maximum Gasteiger partial charge on any atom is 0.240 e. The van der Waals surface area contributed by atoms with Gasteiger partial charge in [0, 0.05) is 6.54 Å². The number of nitrogens with one attached hydrogen (secondary N) is 1.